The maximum Gasteiger partial charge on any atom is 0.0991 e. The van der Waals surface area contributed by atoms with Crippen molar-refractivity contribution in [2.24, 2.45) is 5.41 Å². The van der Waals surface area contributed by atoms with E-state index in [1.807, 2.05) is 32.9 Å². The van der Waals surface area contributed by atoms with Gasteiger partial charge in [-0.1, -0.05) is 32.9 Å². The minimum atomic E-state index is -0.465. The molecule has 1 aromatic carbocycles. The van der Waals surface area contributed by atoms with Crippen molar-refractivity contribution in [1.29, 1.82) is 5.26 Å². The van der Waals surface area contributed by atoms with Crippen LogP contribution in [-0.2, 0) is 6.54 Å². The quantitative estimate of drug-likeness (QED) is 0.740. The number of hydrogen-bond donors (Lipinski definition) is 3. The number of nitriles is 1. The fourth-order valence-electron chi connectivity index (χ4n) is 1.80. The van der Waals surface area contributed by atoms with Crippen LogP contribution in [0.2, 0.25) is 0 Å². The Hall–Kier alpha value is -1.41. The molecule has 0 aliphatic heterocycles. The van der Waals surface area contributed by atoms with Crippen LogP contribution in [0, 0.1) is 16.7 Å². The molecule has 0 amide bonds. The maximum absolute atomic E-state index is 10.1. The third-order valence-corrected chi connectivity index (χ3v) is 3.41. The van der Waals surface area contributed by atoms with Crippen LogP contribution in [0.3, 0.4) is 0 Å². The topological polar surface area (TPSA) is 76.3 Å². The van der Waals surface area contributed by atoms with Crippen LogP contribution in [0.25, 0.3) is 0 Å². The van der Waals surface area contributed by atoms with Crippen molar-refractivity contribution in [3.8, 4) is 6.07 Å². The van der Waals surface area contributed by atoms with Gasteiger partial charge in [-0.05, 0) is 29.5 Å². The van der Waals surface area contributed by atoms with E-state index < -0.39 is 6.10 Å². The second-order valence-corrected chi connectivity index (χ2v) is 6.19. The molecule has 0 saturated heterocycles. The van der Waals surface area contributed by atoms with Crippen LogP contribution in [-0.4, -0.2) is 29.0 Å². The van der Waals surface area contributed by atoms with Gasteiger partial charge in [0.05, 0.1) is 24.3 Å². The molecule has 0 aliphatic carbocycles. The smallest absolute Gasteiger partial charge is 0.0991 e. The monoisotopic (exact) mass is 276 g/mol. The zero-order chi connectivity index (χ0) is 15.2. The largest absolute Gasteiger partial charge is 0.395 e. The first-order valence-electron chi connectivity index (χ1n) is 6.88. The normalized spacial score (nSPS) is 14.6. The Morgan fingerprint density at radius 3 is 2.30 bits per heavy atom. The summed E-state index contributed by atoms with van der Waals surface area (Å²) in [6.07, 6.45) is 0.0455. The number of benzene rings is 1. The molecule has 0 unspecified atom stereocenters. The van der Waals surface area contributed by atoms with Gasteiger partial charge >= 0.3 is 0 Å². The minimum absolute atomic E-state index is 0.0105. The number of aliphatic hydroxyl groups is 2. The molecule has 0 fully saturated rings. The van der Waals surface area contributed by atoms with E-state index in [0.29, 0.717) is 18.5 Å². The Morgan fingerprint density at radius 1 is 1.25 bits per heavy atom. The highest BCUT2D eigenvalue weighted by atomic mass is 16.3. The number of hydrogen-bond acceptors (Lipinski definition) is 4. The van der Waals surface area contributed by atoms with Crippen molar-refractivity contribution in [3.63, 3.8) is 0 Å². The molecule has 1 rings (SSSR count). The van der Waals surface area contributed by atoms with Crippen molar-refractivity contribution in [2.75, 3.05) is 6.61 Å². The zero-order valence-corrected chi connectivity index (χ0v) is 12.4. The van der Waals surface area contributed by atoms with Crippen LogP contribution < -0.4 is 5.32 Å². The van der Waals surface area contributed by atoms with Crippen LogP contribution in [0.1, 0.15) is 38.3 Å². The SMILES string of the molecule is CC(C)(C)[C@H](O)C[C@@H](CO)NCc1ccc(C#N)cc1. The number of rotatable bonds is 6. The molecular weight excluding hydrogens is 252 g/mol. The molecule has 3 N–H and O–H groups in total. The summed E-state index contributed by atoms with van der Waals surface area (Å²) in [5.74, 6) is 0. The van der Waals surface area contributed by atoms with Gasteiger partial charge < -0.3 is 15.5 Å². The van der Waals surface area contributed by atoms with Crippen LogP contribution >= 0.6 is 0 Å². The van der Waals surface area contributed by atoms with Crippen molar-refractivity contribution in [1.82, 2.24) is 5.32 Å². The highest BCUT2D eigenvalue weighted by Crippen LogP contribution is 2.22. The van der Waals surface area contributed by atoms with Crippen molar-refractivity contribution < 1.29 is 10.2 Å². The highest BCUT2D eigenvalue weighted by Gasteiger charge is 2.25. The molecule has 4 heteroatoms. The van der Waals surface area contributed by atoms with Gasteiger partial charge in [-0.15, -0.1) is 0 Å². The Labute approximate surface area is 121 Å². The molecule has 0 bridgehead atoms. The molecule has 0 aliphatic rings. The fraction of sp³-hybridized carbons (Fsp3) is 0.562. The molecular formula is C16H24N2O2. The summed E-state index contributed by atoms with van der Waals surface area (Å²) in [5, 5.41) is 31.4. The lowest BCUT2D eigenvalue weighted by Gasteiger charge is -2.29. The van der Waals surface area contributed by atoms with E-state index in [4.69, 9.17) is 5.26 Å². The lowest BCUT2D eigenvalue weighted by atomic mass is 9.85. The first kappa shape index (κ1) is 16.6. The number of nitrogens with zero attached hydrogens (tertiary/aromatic N) is 1. The summed E-state index contributed by atoms with van der Waals surface area (Å²) in [6.45, 7) is 6.53. The summed E-state index contributed by atoms with van der Waals surface area (Å²) in [6, 6.07) is 9.26. The van der Waals surface area contributed by atoms with Gasteiger partial charge in [0, 0.05) is 12.6 Å². The Kier molecular flexibility index (Phi) is 6.15. The van der Waals surface area contributed by atoms with Crippen LogP contribution in [0.5, 0.6) is 0 Å². The van der Waals surface area contributed by atoms with Crippen molar-refractivity contribution in [2.45, 2.75) is 45.9 Å². The van der Waals surface area contributed by atoms with Crippen LogP contribution in [0.4, 0.5) is 0 Å². The molecule has 0 heterocycles. The molecule has 0 radical (unpaired) electrons. The van der Waals surface area contributed by atoms with Gasteiger partial charge in [-0.2, -0.15) is 5.26 Å². The van der Waals surface area contributed by atoms with Gasteiger partial charge in [0.2, 0.25) is 0 Å². The maximum atomic E-state index is 10.1. The van der Waals surface area contributed by atoms with E-state index in [-0.39, 0.29) is 18.1 Å². The van der Waals surface area contributed by atoms with E-state index >= 15 is 0 Å². The number of aliphatic hydroxyl groups excluding tert-OH is 2. The van der Waals surface area contributed by atoms with Gasteiger partial charge in [-0.25, -0.2) is 0 Å². The predicted octanol–water partition coefficient (Wildman–Crippen LogP) is 1.81. The highest BCUT2D eigenvalue weighted by molar-refractivity contribution is 5.31. The van der Waals surface area contributed by atoms with Crippen molar-refractivity contribution in [3.05, 3.63) is 35.4 Å². The Morgan fingerprint density at radius 2 is 1.85 bits per heavy atom. The molecule has 1 aromatic rings. The minimum Gasteiger partial charge on any atom is -0.395 e. The summed E-state index contributed by atoms with van der Waals surface area (Å²) in [5.41, 5.74) is 1.49. The third-order valence-electron chi connectivity index (χ3n) is 3.41. The standard InChI is InChI=1S/C16H24N2O2/c1-16(2,3)15(20)8-14(11-19)18-10-13-6-4-12(9-17)5-7-13/h4-7,14-15,18-20H,8,10-11H2,1-3H3/t14-,15+/m0/s1. The fourth-order valence-corrected chi connectivity index (χ4v) is 1.80. The summed E-state index contributed by atoms with van der Waals surface area (Å²) in [7, 11) is 0. The van der Waals surface area contributed by atoms with E-state index in [2.05, 4.69) is 11.4 Å². The van der Waals surface area contributed by atoms with E-state index in [1.165, 1.54) is 0 Å². The second kappa shape index (κ2) is 7.39. The molecule has 0 spiro atoms. The van der Waals surface area contributed by atoms with E-state index in [1.54, 1.807) is 12.1 Å². The van der Waals surface area contributed by atoms with Crippen molar-refractivity contribution >= 4 is 0 Å². The van der Waals surface area contributed by atoms with Gasteiger partial charge in [0.1, 0.15) is 0 Å². The Balaban J connectivity index is 2.50. The third kappa shape index (κ3) is 5.30. The zero-order valence-electron chi connectivity index (χ0n) is 12.4. The summed E-state index contributed by atoms with van der Waals surface area (Å²) < 4.78 is 0. The first-order valence-corrected chi connectivity index (χ1v) is 6.88. The first-order chi connectivity index (χ1) is 9.36. The predicted molar refractivity (Wildman–Crippen MR) is 78.9 cm³/mol. The molecule has 0 aromatic heterocycles. The molecule has 0 saturated carbocycles. The van der Waals surface area contributed by atoms with Crippen LogP contribution in [0.15, 0.2) is 24.3 Å². The average Bonchev–Trinajstić information content (AvgIpc) is 2.42. The lowest BCUT2D eigenvalue weighted by Crippen LogP contribution is -2.39. The number of nitrogens with one attached hydrogen (secondary N) is 1. The molecule has 20 heavy (non-hydrogen) atoms. The van der Waals surface area contributed by atoms with E-state index in [0.717, 1.165) is 5.56 Å². The summed E-state index contributed by atoms with van der Waals surface area (Å²) in [4.78, 5) is 0. The molecule has 4 nitrogen and oxygen atoms in total. The average molecular weight is 276 g/mol. The second-order valence-electron chi connectivity index (χ2n) is 6.19. The van der Waals surface area contributed by atoms with Gasteiger partial charge in [-0.3, -0.25) is 0 Å². The molecule has 110 valence electrons. The summed E-state index contributed by atoms with van der Waals surface area (Å²) >= 11 is 0. The Bertz CT molecular complexity index is 443. The lowest BCUT2D eigenvalue weighted by molar-refractivity contribution is 0.0389. The van der Waals surface area contributed by atoms with E-state index in [9.17, 15) is 10.2 Å². The van der Waals surface area contributed by atoms with Gasteiger partial charge in [0.15, 0.2) is 0 Å². The van der Waals surface area contributed by atoms with Gasteiger partial charge in [0.25, 0.3) is 0 Å². The molecule has 2 atom stereocenters.